The van der Waals surface area contributed by atoms with Gasteiger partial charge in [0.1, 0.15) is 0 Å². The Hall–Kier alpha value is -1.67. The fourth-order valence-corrected chi connectivity index (χ4v) is 3.42. The number of anilines is 2. The van der Waals surface area contributed by atoms with Crippen molar-refractivity contribution >= 4 is 37.3 Å². The van der Waals surface area contributed by atoms with Crippen LogP contribution >= 0.6 is 15.9 Å². The maximum Gasteiger partial charge on any atom is 0.282 e. The summed E-state index contributed by atoms with van der Waals surface area (Å²) in [5.74, 6) is -0.923. The summed E-state index contributed by atoms with van der Waals surface area (Å²) in [5.41, 5.74) is 6.82. The van der Waals surface area contributed by atoms with Gasteiger partial charge in [0, 0.05) is 10.7 Å². The molecule has 0 fully saturated rings. The molecule has 106 valence electrons. The molecule has 0 saturated heterocycles. The Bertz CT molecular complexity index is 742. The van der Waals surface area contributed by atoms with Crippen molar-refractivity contribution in [3.63, 3.8) is 0 Å². The lowest BCUT2D eigenvalue weighted by molar-refractivity contribution is 0.557. The average molecular weight is 360 g/mol. The molecule has 20 heavy (non-hydrogen) atoms. The van der Waals surface area contributed by atoms with E-state index in [0.717, 1.165) is 10.5 Å². The van der Waals surface area contributed by atoms with Crippen LogP contribution < -0.4 is 10.5 Å². The van der Waals surface area contributed by atoms with Crippen molar-refractivity contribution in [1.29, 1.82) is 0 Å². The number of nitrogens with zero attached hydrogens (tertiary/aromatic N) is 1. The highest BCUT2D eigenvalue weighted by Gasteiger charge is 2.22. The molecule has 0 atom stereocenters. The monoisotopic (exact) mass is 359 g/mol. The molecule has 1 heterocycles. The van der Waals surface area contributed by atoms with Gasteiger partial charge in [-0.05, 0) is 36.8 Å². The van der Waals surface area contributed by atoms with Crippen LogP contribution in [0.2, 0.25) is 0 Å². The summed E-state index contributed by atoms with van der Waals surface area (Å²) >= 11 is 3.25. The average Bonchev–Trinajstić information content (AvgIpc) is 2.34. The summed E-state index contributed by atoms with van der Waals surface area (Å²) in [6, 6.07) is 5.59. The van der Waals surface area contributed by atoms with Gasteiger partial charge >= 0.3 is 0 Å². The van der Waals surface area contributed by atoms with E-state index < -0.39 is 20.9 Å². The van der Waals surface area contributed by atoms with Gasteiger partial charge in [-0.25, -0.2) is 9.37 Å². The number of aromatic nitrogens is 1. The van der Waals surface area contributed by atoms with Gasteiger partial charge < -0.3 is 5.73 Å². The van der Waals surface area contributed by atoms with Gasteiger partial charge in [-0.2, -0.15) is 8.42 Å². The summed E-state index contributed by atoms with van der Waals surface area (Å²) in [5, 5.41) is -0.665. The molecule has 8 heteroatoms. The largest absolute Gasteiger partial charge is 0.397 e. The number of sulfonamides is 1. The smallest absolute Gasteiger partial charge is 0.282 e. The van der Waals surface area contributed by atoms with Crippen LogP contribution in [0.4, 0.5) is 15.8 Å². The van der Waals surface area contributed by atoms with Crippen molar-refractivity contribution in [3.05, 3.63) is 46.3 Å². The number of pyridine rings is 1. The zero-order valence-corrected chi connectivity index (χ0v) is 12.8. The van der Waals surface area contributed by atoms with Gasteiger partial charge in [0.15, 0.2) is 5.82 Å². The Kier molecular flexibility index (Phi) is 3.96. The van der Waals surface area contributed by atoms with Crippen molar-refractivity contribution in [1.82, 2.24) is 4.98 Å². The van der Waals surface area contributed by atoms with Gasteiger partial charge in [0.25, 0.3) is 10.0 Å². The molecular formula is C12H11BrFN3O2S. The molecule has 2 aromatic rings. The molecule has 0 spiro atoms. The lowest BCUT2D eigenvalue weighted by Gasteiger charge is -2.13. The fraction of sp³-hybridized carbons (Fsp3) is 0.0833. The van der Waals surface area contributed by atoms with Crippen molar-refractivity contribution in [2.24, 2.45) is 0 Å². The quantitative estimate of drug-likeness (QED) is 0.825. The molecule has 0 aliphatic carbocycles. The molecule has 0 aliphatic heterocycles. The van der Waals surface area contributed by atoms with E-state index in [9.17, 15) is 12.8 Å². The Morgan fingerprint density at radius 1 is 1.40 bits per heavy atom. The second kappa shape index (κ2) is 5.37. The number of benzene rings is 1. The number of nitrogens with two attached hydrogens (primary N) is 1. The van der Waals surface area contributed by atoms with Gasteiger partial charge in [-0.15, -0.1) is 0 Å². The predicted octanol–water partition coefficient (Wildman–Crippen LogP) is 2.67. The topological polar surface area (TPSA) is 85.1 Å². The van der Waals surface area contributed by atoms with E-state index in [2.05, 4.69) is 25.6 Å². The molecule has 0 saturated carbocycles. The van der Waals surface area contributed by atoms with Crippen LogP contribution in [-0.4, -0.2) is 13.4 Å². The number of hydrogen-bond donors (Lipinski definition) is 2. The minimum atomic E-state index is -4.13. The Morgan fingerprint density at radius 3 is 2.70 bits per heavy atom. The van der Waals surface area contributed by atoms with Gasteiger partial charge in [0.05, 0.1) is 11.4 Å². The van der Waals surface area contributed by atoms with Gasteiger partial charge in [0.2, 0.25) is 5.03 Å². The summed E-state index contributed by atoms with van der Waals surface area (Å²) < 4.78 is 40.8. The first kappa shape index (κ1) is 14.7. The summed E-state index contributed by atoms with van der Waals surface area (Å²) in [6.45, 7) is 1.69. The molecule has 0 bridgehead atoms. The van der Waals surface area contributed by atoms with E-state index in [1.54, 1.807) is 19.1 Å². The van der Waals surface area contributed by atoms with Crippen molar-refractivity contribution < 1.29 is 12.8 Å². The van der Waals surface area contributed by atoms with Crippen LogP contribution in [0.5, 0.6) is 0 Å². The normalized spacial score (nSPS) is 11.3. The fourth-order valence-electron chi connectivity index (χ4n) is 1.66. The van der Waals surface area contributed by atoms with E-state index >= 15 is 0 Å². The van der Waals surface area contributed by atoms with Gasteiger partial charge in [-0.1, -0.05) is 15.9 Å². The number of aryl methyl sites for hydroxylation is 1. The Morgan fingerprint density at radius 2 is 2.10 bits per heavy atom. The first-order valence-corrected chi connectivity index (χ1v) is 7.78. The molecule has 3 N–H and O–H groups in total. The van der Waals surface area contributed by atoms with Crippen LogP contribution in [0.3, 0.4) is 0 Å². The number of hydrogen-bond acceptors (Lipinski definition) is 4. The summed E-state index contributed by atoms with van der Waals surface area (Å²) in [7, 11) is -4.13. The van der Waals surface area contributed by atoms with E-state index in [1.807, 2.05) is 0 Å². The molecule has 5 nitrogen and oxygen atoms in total. The number of halogens is 2. The minimum Gasteiger partial charge on any atom is -0.397 e. The van der Waals surface area contributed by atoms with Crippen LogP contribution in [-0.2, 0) is 10.0 Å². The predicted molar refractivity (Wildman–Crippen MR) is 78.3 cm³/mol. The maximum absolute atomic E-state index is 13.5. The molecule has 0 unspecified atom stereocenters. The first-order chi connectivity index (χ1) is 9.31. The highest BCUT2D eigenvalue weighted by Crippen LogP contribution is 2.29. The van der Waals surface area contributed by atoms with Gasteiger partial charge in [-0.3, -0.25) is 4.72 Å². The third kappa shape index (κ3) is 2.91. The molecule has 0 amide bonds. The van der Waals surface area contributed by atoms with Crippen molar-refractivity contribution in [3.8, 4) is 0 Å². The third-order valence-electron chi connectivity index (χ3n) is 2.55. The van der Waals surface area contributed by atoms with Crippen LogP contribution in [0, 0.1) is 12.7 Å². The highest BCUT2D eigenvalue weighted by atomic mass is 79.9. The Balaban J connectivity index is 2.47. The van der Waals surface area contributed by atoms with Crippen molar-refractivity contribution in [2.45, 2.75) is 11.9 Å². The first-order valence-electron chi connectivity index (χ1n) is 5.50. The molecular weight excluding hydrogens is 349 g/mol. The molecule has 1 aromatic carbocycles. The minimum absolute atomic E-state index is 0.207. The van der Waals surface area contributed by atoms with E-state index in [1.165, 1.54) is 12.3 Å². The standard InChI is InChI=1S/C12H11BrFN3O2S/c1-7-5-8(13)6-10(15)11(7)17-20(18,19)12-9(14)3-2-4-16-12/h2-6,17H,15H2,1H3. The number of rotatable bonds is 3. The maximum atomic E-state index is 13.5. The van der Waals surface area contributed by atoms with E-state index in [-0.39, 0.29) is 11.4 Å². The summed E-state index contributed by atoms with van der Waals surface area (Å²) in [6.07, 6.45) is 1.20. The van der Waals surface area contributed by atoms with Crippen LogP contribution in [0.25, 0.3) is 0 Å². The summed E-state index contributed by atoms with van der Waals surface area (Å²) in [4.78, 5) is 3.55. The zero-order chi connectivity index (χ0) is 14.9. The number of nitrogens with one attached hydrogen (secondary N) is 1. The van der Waals surface area contributed by atoms with Crippen molar-refractivity contribution in [2.75, 3.05) is 10.5 Å². The molecule has 0 radical (unpaired) electrons. The molecule has 0 aliphatic rings. The SMILES string of the molecule is Cc1cc(Br)cc(N)c1NS(=O)(=O)c1ncccc1F. The molecule has 2 rings (SSSR count). The lowest BCUT2D eigenvalue weighted by Crippen LogP contribution is -2.17. The number of nitrogen functional groups attached to an aromatic ring is 1. The highest BCUT2D eigenvalue weighted by molar-refractivity contribution is 9.10. The van der Waals surface area contributed by atoms with E-state index in [4.69, 9.17) is 5.73 Å². The van der Waals surface area contributed by atoms with Crippen LogP contribution in [0.1, 0.15) is 5.56 Å². The van der Waals surface area contributed by atoms with E-state index in [0.29, 0.717) is 5.56 Å². The second-order valence-electron chi connectivity index (χ2n) is 4.08. The zero-order valence-electron chi connectivity index (χ0n) is 10.4. The second-order valence-corrected chi connectivity index (χ2v) is 6.60. The Labute approximate surface area is 124 Å². The van der Waals surface area contributed by atoms with Crippen LogP contribution in [0.15, 0.2) is 40.0 Å². The lowest BCUT2D eigenvalue weighted by atomic mass is 10.2. The third-order valence-corrected chi connectivity index (χ3v) is 4.29. The molecule has 1 aromatic heterocycles.